The van der Waals surface area contributed by atoms with Gasteiger partial charge in [-0.05, 0) is 89.0 Å². The van der Waals surface area contributed by atoms with E-state index in [4.69, 9.17) is 4.98 Å². The molecule has 1 aliphatic heterocycles. The Balaban J connectivity index is 0.00000187. The number of rotatable bonds is 12. The van der Waals surface area contributed by atoms with Gasteiger partial charge in [-0.2, -0.15) is 0 Å². The zero-order valence-corrected chi connectivity index (χ0v) is 30.6. The molecule has 1 saturated heterocycles. The number of aromatic nitrogens is 1. The Morgan fingerprint density at radius 3 is 2.00 bits per heavy atom. The van der Waals surface area contributed by atoms with Gasteiger partial charge in [0, 0.05) is 35.1 Å². The Kier molecular flexibility index (Phi) is 23.1. The molecule has 1 fully saturated rings. The number of anilines is 1. The molecule has 2 heterocycles. The van der Waals surface area contributed by atoms with Crippen molar-refractivity contribution in [2.24, 2.45) is 5.41 Å². The third-order valence-electron chi connectivity index (χ3n) is 7.66. The minimum Gasteiger partial charge on any atom is -0.370 e. The van der Waals surface area contributed by atoms with Crippen LogP contribution in [-0.4, -0.2) is 45.3 Å². The van der Waals surface area contributed by atoms with E-state index < -0.39 is 0 Å². The molecule has 3 aromatic rings. The lowest BCUT2D eigenvalue weighted by atomic mass is 9.82. The maximum atomic E-state index is 5.14. The molecule has 0 radical (unpaired) electrons. The first-order chi connectivity index (χ1) is 21.5. The highest BCUT2D eigenvalue weighted by atomic mass is 15.2. The van der Waals surface area contributed by atoms with E-state index in [1.165, 1.54) is 47.0 Å². The van der Waals surface area contributed by atoms with E-state index >= 15 is 0 Å². The Bertz CT molecular complexity index is 1140. The highest BCUT2D eigenvalue weighted by Crippen LogP contribution is 2.41. The SMILES string of the molecule is C=CC1(CCCNC)CCN(c2cc(-c3ccc(CCCNC)cc3)nc3cc(CC)ccc23)C1.CC.CC.CC.CCC. The number of pyridine rings is 1. The third-order valence-corrected chi connectivity index (χ3v) is 7.66. The maximum absolute atomic E-state index is 5.14. The van der Waals surface area contributed by atoms with Crippen LogP contribution in [0.5, 0.6) is 0 Å². The van der Waals surface area contributed by atoms with Gasteiger partial charge < -0.3 is 15.5 Å². The lowest BCUT2D eigenvalue weighted by Crippen LogP contribution is -2.26. The molecule has 0 spiro atoms. The molecular weight excluding hydrogens is 536 g/mol. The first-order valence-corrected chi connectivity index (χ1v) is 17.7. The second-order valence-corrected chi connectivity index (χ2v) is 10.8. The van der Waals surface area contributed by atoms with E-state index in [0.717, 1.165) is 63.1 Å². The van der Waals surface area contributed by atoms with E-state index in [9.17, 15) is 0 Å². The Labute approximate surface area is 273 Å². The smallest absolute Gasteiger partial charge is 0.0733 e. The van der Waals surface area contributed by atoms with Crippen LogP contribution in [0, 0.1) is 5.41 Å². The van der Waals surface area contributed by atoms with E-state index in [-0.39, 0.29) is 5.41 Å². The van der Waals surface area contributed by atoms with Crippen LogP contribution in [0.1, 0.15) is 106 Å². The highest BCUT2D eigenvalue weighted by molar-refractivity contribution is 5.95. The topological polar surface area (TPSA) is 40.2 Å². The number of nitrogens with one attached hydrogen (secondary N) is 2. The van der Waals surface area contributed by atoms with Gasteiger partial charge in [-0.15, -0.1) is 6.58 Å². The average Bonchev–Trinajstić information content (AvgIpc) is 3.52. The molecule has 0 aliphatic carbocycles. The first-order valence-electron chi connectivity index (χ1n) is 17.7. The van der Waals surface area contributed by atoms with Gasteiger partial charge in [0.15, 0.2) is 0 Å². The molecule has 44 heavy (non-hydrogen) atoms. The van der Waals surface area contributed by atoms with E-state index in [1.54, 1.807) is 0 Å². The Morgan fingerprint density at radius 2 is 1.43 bits per heavy atom. The summed E-state index contributed by atoms with van der Waals surface area (Å²) in [6, 6.07) is 18.1. The van der Waals surface area contributed by atoms with Gasteiger partial charge in [0.1, 0.15) is 0 Å². The van der Waals surface area contributed by atoms with Crippen molar-refractivity contribution in [3.63, 3.8) is 0 Å². The number of hydrogen-bond donors (Lipinski definition) is 2. The summed E-state index contributed by atoms with van der Waals surface area (Å²) in [5.41, 5.74) is 7.57. The zero-order chi connectivity index (χ0) is 33.4. The lowest BCUT2D eigenvalue weighted by Gasteiger charge is -2.27. The fourth-order valence-corrected chi connectivity index (χ4v) is 5.39. The van der Waals surface area contributed by atoms with Gasteiger partial charge in [0.05, 0.1) is 11.2 Å². The molecular formula is C40H68N4. The van der Waals surface area contributed by atoms with Crippen LogP contribution < -0.4 is 15.5 Å². The molecule has 1 aromatic heterocycles. The molecule has 2 aromatic carbocycles. The molecule has 4 rings (SSSR count). The van der Waals surface area contributed by atoms with Crippen molar-refractivity contribution < 1.29 is 0 Å². The summed E-state index contributed by atoms with van der Waals surface area (Å²) in [5.74, 6) is 0. The van der Waals surface area contributed by atoms with Crippen LogP contribution in [0.4, 0.5) is 5.69 Å². The van der Waals surface area contributed by atoms with E-state index in [1.807, 2.05) is 55.6 Å². The van der Waals surface area contributed by atoms with Gasteiger partial charge in [0.2, 0.25) is 0 Å². The van der Waals surface area contributed by atoms with Crippen LogP contribution in [0.15, 0.2) is 61.2 Å². The van der Waals surface area contributed by atoms with Crippen LogP contribution in [-0.2, 0) is 12.8 Å². The van der Waals surface area contributed by atoms with Crippen LogP contribution in [0.25, 0.3) is 22.2 Å². The van der Waals surface area contributed by atoms with Crippen molar-refractivity contribution >= 4 is 16.6 Å². The minimum absolute atomic E-state index is 0.185. The summed E-state index contributed by atoms with van der Waals surface area (Å²) < 4.78 is 0. The predicted octanol–water partition coefficient (Wildman–Crippen LogP) is 10.5. The summed E-state index contributed by atoms with van der Waals surface area (Å²) in [6.07, 6.45) is 10.3. The van der Waals surface area contributed by atoms with Crippen molar-refractivity contribution in [2.45, 2.75) is 107 Å². The van der Waals surface area contributed by atoms with Gasteiger partial charge in [-0.25, -0.2) is 4.98 Å². The fraction of sp³-hybridized carbons (Fsp3) is 0.575. The van der Waals surface area contributed by atoms with Crippen molar-refractivity contribution in [2.75, 3.05) is 45.2 Å². The number of benzene rings is 2. The maximum Gasteiger partial charge on any atom is 0.0733 e. The number of hydrogen-bond acceptors (Lipinski definition) is 4. The van der Waals surface area contributed by atoms with Gasteiger partial charge in [-0.1, -0.05) is 111 Å². The largest absolute Gasteiger partial charge is 0.370 e. The van der Waals surface area contributed by atoms with Gasteiger partial charge in [-0.3, -0.25) is 0 Å². The minimum atomic E-state index is 0.185. The van der Waals surface area contributed by atoms with Crippen LogP contribution >= 0.6 is 0 Å². The highest BCUT2D eigenvalue weighted by Gasteiger charge is 2.35. The second-order valence-electron chi connectivity index (χ2n) is 10.8. The standard InChI is InChI=1S/C31H42N4.C3H8.3C2H6/c1-5-24-12-15-27-29(21-24)34-28(26-13-10-25(11-14-26)9-7-18-32-3)22-30(27)35-20-17-31(6-2,23-35)16-8-19-33-4;1-3-2;3*1-2/h6,10-15,21-22,32-33H,2,5,7-9,16-20,23H2,1,3-4H3;3H2,1-2H3;3*1-2H3. The van der Waals surface area contributed by atoms with Gasteiger partial charge >= 0.3 is 0 Å². The molecule has 0 amide bonds. The predicted molar refractivity (Wildman–Crippen MR) is 201 cm³/mol. The Morgan fingerprint density at radius 1 is 0.841 bits per heavy atom. The quantitative estimate of drug-likeness (QED) is 0.159. The molecule has 4 nitrogen and oxygen atoms in total. The van der Waals surface area contributed by atoms with Crippen LogP contribution in [0.3, 0.4) is 0 Å². The summed E-state index contributed by atoms with van der Waals surface area (Å²) in [4.78, 5) is 7.72. The summed E-state index contributed by atoms with van der Waals surface area (Å²) >= 11 is 0. The number of nitrogens with zero attached hydrogens (tertiary/aromatic N) is 2. The van der Waals surface area contributed by atoms with Crippen molar-refractivity contribution in [1.82, 2.24) is 15.6 Å². The summed E-state index contributed by atoms with van der Waals surface area (Å²) in [5, 5.41) is 7.78. The molecule has 4 heteroatoms. The second kappa shape index (κ2) is 24.6. The average molecular weight is 605 g/mol. The number of fused-ring (bicyclic) bond motifs is 1. The monoisotopic (exact) mass is 605 g/mol. The molecule has 1 atom stereocenters. The third kappa shape index (κ3) is 12.7. The Hall–Kier alpha value is -2.69. The van der Waals surface area contributed by atoms with Crippen molar-refractivity contribution in [3.05, 3.63) is 72.3 Å². The molecule has 248 valence electrons. The summed E-state index contributed by atoms with van der Waals surface area (Å²) in [6.45, 7) is 26.9. The van der Waals surface area contributed by atoms with Gasteiger partial charge in [0.25, 0.3) is 0 Å². The first kappa shape index (κ1) is 41.3. The normalized spacial score (nSPS) is 15.0. The van der Waals surface area contributed by atoms with E-state index in [2.05, 4.69) is 97.5 Å². The molecule has 1 unspecified atom stereocenters. The number of aryl methyl sites for hydroxylation is 2. The summed E-state index contributed by atoms with van der Waals surface area (Å²) in [7, 11) is 4.05. The van der Waals surface area contributed by atoms with Crippen molar-refractivity contribution in [1.29, 1.82) is 0 Å². The molecule has 2 N–H and O–H groups in total. The van der Waals surface area contributed by atoms with Crippen molar-refractivity contribution in [3.8, 4) is 11.3 Å². The molecule has 0 saturated carbocycles. The van der Waals surface area contributed by atoms with E-state index in [0.29, 0.717) is 0 Å². The lowest BCUT2D eigenvalue weighted by molar-refractivity contribution is 0.381. The van der Waals surface area contributed by atoms with Crippen LogP contribution in [0.2, 0.25) is 0 Å². The fourth-order valence-electron chi connectivity index (χ4n) is 5.39. The molecule has 1 aliphatic rings. The zero-order valence-electron chi connectivity index (χ0n) is 30.6. The molecule has 0 bridgehead atoms.